The van der Waals surface area contributed by atoms with Crippen LogP contribution in [0.5, 0.6) is 0 Å². The molecule has 6 heteroatoms. The van der Waals surface area contributed by atoms with Crippen LogP contribution in [0.3, 0.4) is 0 Å². The summed E-state index contributed by atoms with van der Waals surface area (Å²) in [7, 11) is 0. The van der Waals surface area contributed by atoms with Gasteiger partial charge in [0.15, 0.2) is 0 Å². The summed E-state index contributed by atoms with van der Waals surface area (Å²) in [5.74, 6) is -2.05. The molecule has 0 spiro atoms. The lowest BCUT2D eigenvalue weighted by Crippen LogP contribution is -2.28. The number of hydrogen-bond donors (Lipinski definition) is 1. The second-order valence-electron chi connectivity index (χ2n) is 5.27. The fraction of sp³-hybridized carbons (Fsp3) is 0.176. The quantitative estimate of drug-likeness (QED) is 0.872. The number of ether oxygens (including phenoxy) is 1. The zero-order valence-electron chi connectivity index (χ0n) is 12.0. The number of fused-ring (bicyclic) bond motifs is 1. The number of anilines is 1. The topological polar surface area (TPSA) is 55.4 Å². The number of hydrogen-bond acceptors (Lipinski definition) is 3. The van der Waals surface area contributed by atoms with Crippen LogP contribution in [0.2, 0.25) is 5.02 Å². The van der Waals surface area contributed by atoms with Gasteiger partial charge < -0.3 is 10.1 Å². The van der Waals surface area contributed by atoms with Gasteiger partial charge in [0.25, 0.3) is 0 Å². The summed E-state index contributed by atoms with van der Waals surface area (Å²) in [4.78, 5) is 24.0. The Morgan fingerprint density at radius 3 is 2.74 bits per heavy atom. The first-order valence-electron chi connectivity index (χ1n) is 7.03. The van der Waals surface area contributed by atoms with E-state index in [0.29, 0.717) is 16.3 Å². The van der Waals surface area contributed by atoms with E-state index in [1.807, 2.05) is 0 Å². The molecule has 1 aliphatic heterocycles. The maximum atomic E-state index is 13.3. The summed E-state index contributed by atoms with van der Waals surface area (Å²) in [5, 5.41) is 3.16. The standard InChI is InChI=1S/C17H13ClFNO3/c18-11-3-1-10(2-4-11)9-23-17(22)14-8-16(21)20-15-7-12(19)5-6-13(14)15/h1-7,14H,8-9H2,(H,20,21). The Morgan fingerprint density at radius 2 is 2.00 bits per heavy atom. The van der Waals surface area contributed by atoms with Crippen LogP contribution in [-0.4, -0.2) is 11.9 Å². The molecule has 0 saturated carbocycles. The van der Waals surface area contributed by atoms with Crippen molar-refractivity contribution in [3.8, 4) is 0 Å². The summed E-state index contributed by atoms with van der Waals surface area (Å²) in [6.45, 7) is 0.0879. The maximum Gasteiger partial charge on any atom is 0.314 e. The Bertz CT molecular complexity index is 761. The van der Waals surface area contributed by atoms with Crippen molar-refractivity contribution in [2.45, 2.75) is 18.9 Å². The fourth-order valence-corrected chi connectivity index (χ4v) is 2.61. The number of carbonyl (C=O) groups excluding carboxylic acids is 2. The zero-order valence-corrected chi connectivity index (χ0v) is 12.8. The molecule has 2 aromatic rings. The molecule has 118 valence electrons. The molecule has 0 fully saturated rings. The van der Waals surface area contributed by atoms with Gasteiger partial charge in [-0.3, -0.25) is 9.59 Å². The van der Waals surface area contributed by atoms with Crippen LogP contribution < -0.4 is 5.32 Å². The van der Waals surface area contributed by atoms with Crippen molar-refractivity contribution in [2.75, 3.05) is 5.32 Å². The van der Waals surface area contributed by atoms with Crippen molar-refractivity contribution in [2.24, 2.45) is 0 Å². The summed E-state index contributed by atoms with van der Waals surface area (Å²) in [5.41, 5.74) is 1.67. The van der Waals surface area contributed by atoms with E-state index in [0.717, 1.165) is 5.56 Å². The highest BCUT2D eigenvalue weighted by atomic mass is 35.5. The number of benzene rings is 2. The normalized spacial score (nSPS) is 16.4. The van der Waals surface area contributed by atoms with E-state index in [-0.39, 0.29) is 18.9 Å². The zero-order chi connectivity index (χ0) is 16.4. The number of nitrogens with one attached hydrogen (secondary N) is 1. The van der Waals surface area contributed by atoms with Crippen molar-refractivity contribution >= 4 is 29.2 Å². The Hall–Kier alpha value is -2.40. The number of halogens is 2. The summed E-state index contributed by atoms with van der Waals surface area (Å²) >= 11 is 5.80. The van der Waals surface area contributed by atoms with Gasteiger partial charge in [-0.2, -0.15) is 0 Å². The van der Waals surface area contributed by atoms with Crippen molar-refractivity contribution in [1.82, 2.24) is 0 Å². The minimum atomic E-state index is -0.730. The third-order valence-corrected chi connectivity index (χ3v) is 3.89. The third-order valence-electron chi connectivity index (χ3n) is 3.63. The Morgan fingerprint density at radius 1 is 1.26 bits per heavy atom. The third kappa shape index (κ3) is 3.51. The van der Waals surface area contributed by atoms with Crippen LogP contribution in [0.1, 0.15) is 23.5 Å². The molecule has 23 heavy (non-hydrogen) atoms. The number of esters is 1. The van der Waals surface area contributed by atoms with Gasteiger partial charge in [-0.25, -0.2) is 4.39 Å². The van der Waals surface area contributed by atoms with E-state index in [1.54, 1.807) is 24.3 Å². The van der Waals surface area contributed by atoms with Crippen molar-refractivity contribution in [3.05, 3.63) is 64.4 Å². The average molecular weight is 334 g/mol. The molecule has 0 aliphatic carbocycles. The molecule has 1 amide bonds. The Balaban J connectivity index is 1.74. The lowest BCUT2D eigenvalue weighted by Gasteiger charge is -2.24. The molecule has 1 aliphatic rings. The van der Waals surface area contributed by atoms with Crippen LogP contribution in [0.25, 0.3) is 0 Å². The molecule has 1 heterocycles. The molecule has 1 unspecified atom stereocenters. The van der Waals surface area contributed by atoms with E-state index < -0.39 is 17.7 Å². The molecular formula is C17H13ClFNO3. The largest absolute Gasteiger partial charge is 0.460 e. The van der Waals surface area contributed by atoms with Crippen molar-refractivity contribution in [1.29, 1.82) is 0 Å². The highest BCUT2D eigenvalue weighted by molar-refractivity contribution is 6.30. The molecular weight excluding hydrogens is 321 g/mol. The molecule has 0 bridgehead atoms. The number of rotatable bonds is 3. The second kappa shape index (κ2) is 6.38. The SMILES string of the molecule is O=C1CC(C(=O)OCc2ccc(Cl)cc2)c2ccc(F)cc2N1. The van der Waals surface area contributed by atoms with Gasteiger partial charge in [-0.1, -0.05) is 29.8 Å². The van der Waals surface area contributed by atoms with Gasteiger partial charge in [-0.05, 0) is 35.4 Å². The van der Waals surface area contributed by atoms with Crippen LogP contribution in [0.15, 0.2) is 42.5 Å². The molecule has 0 aromatic heterocycles. The van der Waals surface area contributed by atoms with E-state index in [9.17, 15) is 14.0 Å². The van der Waals surface area contributed by atoms with E-state index in [2.05, 4.69) is 5.32 Å². The predicted molar refractivity (Wildman–Crippen MR) is 83.6 cm³/mol. The summed E-state index contributed by atoms with van der Waals surface area (Å²) in [6.07, 6.45) is -0.0158. The smallest absolute Gasteiger partial charge is 0.314 e. The highest BCUT2D eigenvalue weighted by Gasteiger charge is 2.32. The first-order valence-corrected chi connectivity index (χ1v) is 7.41. The van der Waals surface area contributed by atoms with E-state index in [1.165, 1.54) is 18.2 Å². The lowest BCUT2D eigenvalue weighted by molar-refractivity contribution is -0.148. The molecule has 0 saturated heterocycles. The summed E-state index contributed by atoms with van der Waals surface area (Å²) in [6, 6.07) is 10.9. The minimum absolute atomic E-state index is 0.0158. The number of carbonyl (C=O) groups is 2. The molecule has 1 atom stereocenters. The van der Waals surface area contributed by atoms with Gasteiger partial charge in [0.05, 0.1) is 5.92 Å². The maximum absolute atomic E-state index is 13.3. The predicted octanol–water partition coefficient (Wildman–Crippen LogP) is 3.65. The van der Waals surface area contributed by atoms with Gasteiger partial charge in [-0.15, -0.1) is 0 Å². The molecule has 1 N–H and O–H groups in total. The lowest BCUT2D eigenvalue weighted by atomic mass is 9.90. The van der Waals surface area contributed by atoms with Gasteiger partial charge in [0.1, 0.15) is 12.4 Å². The van der Waals surface area contributed by atoms with Crippen LogP contribution in [0, 0.1) is 5.82 Å². The minimum Gasteiger partial charge on any atom is -0.460 e. The van der Waals surface area contributed by atoms with Crippen LogP contribution in [-0.2, 0) is 20.9 Å². The first-order chi connectivity index (χ1) is 11.0. The summed E-state index contributed by atoms with van der Waals surface area (Å²) < 4.78 is 18.6. The first kappa shape index (κ1) is 15.5. The van der Waals surface area contributed by atoms with Crippen molar-refractivity contribution in [3.63, 3.8) is 0 Å². The average Bonchev–Trinajstić information content (AvgIpc) is 2.52. The van der Waals surface area contributed by atoms with Gasteiger partial charge in [0.2, 0.25) is 5.91 Å². The number of amides is 1. The van der Waals surface area contributed by atoms with E-state index >= 15 is 0 Å². The van der Waals surface area contributed by atoms with Crippen LogP contribution in [0.4, 0.5) is 10.1 Å². The molecule has 0 radical (unpaired) electrons. The Labute approximate surface area is 137 Å². The fourth-order valence-electron chi connectivity index (χ4n) is 2.48. The van der Waals surface area contributed by atoms with Crippen LogP contribution >= 0.6 is 11.6 Å². The van der Waals surface area contributed by atoms with E-state index in [4.69, 9.17) is 16.3 Å². The van der Waals surface area contributed by atoms with Gasteiger partial charge in [0, 0.05) is 17.1 Å². The van der Waals surface area contributed by atoms with Gasteiger partial charge >= 0.3 is 5.97 Å². The molecule has 3 rings (SSSR count). The molecule has 2 aromatic carbocycles. The van der Waals surface area contributed by atoms with Crippen molar-refractivity contribution < 1.29 is 18.7 Å². The second-order valence-corrected chi connectivity index (χ2v) is 5.71. The Kier molecular flexibility index (Phi) is 4.30. The highest BCUT2D eigenvalue weighted by Crippen LogP contribution is 2.33. The molecule has 4 nitrogen and oxygen atoms in total. The monoisotopic (exact) mass is 333 g/mol.